The van der Waals surface area contributed by atoms with Crippen LogP contribution in [0.2, 0.25) is 0 Å². The summed E-state index contributed by atoms with van der Waals surface area (Å²) in [5, 5.41) is 2.72. The molecule has 3 heterocycles. The smallest absolute Gasteiger partial charge is 0.420 e. The lowest BCUT2D eigenvalue weighted by Crippen LogP contribution is -2.34. The Morgan fingerprint density at radius 2 is 1.97 bits per heavy atom. The highest BCUT2D eigenvalue weighted by Crippen LogP contribution is 2.49. The van der Waals surface area contributed by atoms with E-state index in [4.69, 9.17) is 17.3 Å². The number of ether oxygens (including phenoxy) is 1. The Morgan fingerprint density at radius 3 is 2.61 bits per heavy atom. The summed E-state index contributed by atoms with van der Waals surface area (Å²) in [6.45, 7) is 1.51. The fourth-order valence-electron chi connectivity index (χ4n) is 4.11. The molecule has 2 aromatic heterocycles. The second kappa shape index (κ2) is 7.89. The molecule has 1 amide bonds. The summed E-state index contributed by atoms with van der Waals surface area (Å²) < 4.78 is 29.8. The van der Waals surface area contributed by atoms with Gasteiger partial charge in [-0.25, -0.2) is 15.0 Å². The van der Waals surface area contributed by atoms with Crippen LogP contribution < -0.4 is 20.7 Å². The van der Waals surface area contributed by atoms with Crippen molar-refractivity contribution in [3.05, 3.63) is 60.8 Å². The van der Waals surface area contributed by atoms with Gasteiger partial charge in [0.05, 0.1) is 5.56 Å². The molecule has 1 saturated carbocycles. The number of hydrogen-bond donors (Lipinski definition) is 2. The van der Waals surface area contributed by atoms with E-state index in [2.05, 4.69) is 29.9 Å². The predicted molar refractivity (Wildman–Crippen MR) is 118 cm³/mol. The maximum absolute atomic E-state index is 12.9. The summed E-state index contributed by atoms with van der Waals surface area (Å²) in [7, 11) is 0. The number of nitrogens with zero attached hydrogens (tertiary/aromatic N) is 4. The van der Waals surface area contributed by atoms with Gasteiger partial charge in [-0.05, 0) is 42.7 Å². The number of halogens is 3. The Morgan fingerprint density at radius 1 is 1.24 bits per heavy atom. The van der Waals surface area contributed by atoms with Crippen LogP contribution in [0, 0.1) is 5.92 Å². The van der Waals surface area contributed by atoms with E-state index in [9.17, 15) is 13.6 Å². The first-order valence-electron chi connectivity index (χ1n) is 10.2. The van der Waals surface area contributed by atoms with Crippen LogP contribution >= 0.6 is 11.6 Å². The van der Waals surface area contributed by atoms with Crippen molar-refractivity contribution in [3.63, 3.8) is 0 Å². The largest absolute Gasteiger partial charge is 0.487 e. The number of piperidine rings is 1. The molecule has 2 unspecified atom stereocenters. The van der Waals surface area contributed by atoms with E-state index in [1.54, 1.807) is 18.5 Å². The first-order valence-corrected chi connectivity index (χ1v) is 10.5. The third kappa shape index (κ3) is 4.57. The van der Waals surface area contributed by atoms with Gasteiger partial charge in [0.25, 0.3) is 5.91 Å². The van der Waals surface area contributed by atoms with Crippen molar-refractivity contribution in [2.75, 3.05) is 23.3 Å². The van der Waals surface area contributed by atoms with Crippen molar-refractivity contribution in [3.8, 4) is 16.9 Å². The van der Waals surface area contributed by atoms with Crippen LogP contribution in [0.4, 0.5) is 20.3 Å². The van der Waals surface area contributed by atoms with Gasteiger partial charge in [0.2, 0.25) is 0 Å². The summed E-state index contributed by atoms with van der Waals surface area (Å²) in [4.78, 5) is 27.7. The van der Waals surface area contributed by atoms with Gasteiger partial charge in [-0.3, -0.25) is 4.79 Å². The van der Waals surface area contributed by atoms with Crippen molar-refractivity contribution < 1.29 is 18.3 Å². The van der Waals surface area contributed by atoms with Crippen LogP contribution in [0.15, 0.2) is 55.2 Å². The number of anilines is 2. The molecule has 11 heteroatoms. The van der Waals surface area contributed by atoms with Gasteiger partial charge in [0.1, 0.15) is 17.9 Å². The van der Waals surface area contributed by atoms with Crippen molar-refractivity contribution in [1.29, 1.82) is 0 Å². The van der Waals surface area contributed by atoms with E-state index < -0.39 is 11.5 Å². The molecule has 3 aromatic rings. The molecule has 170 valence electrons. The minimum Gasteiger partial charge on any atom is -0.420 e. The summed E-state index contributed by atoms with van der Waals surface area (Å²) in [5.74, 6) is 0.629. The Balaban J connectivity index is 1.39. The third-order valence-electron chi connectivity index (χ3n) is 5.85. The average molecular weight is 473 g/mol. The number of hydrogen-bond acceptors (Lipinski definition) is 7. The molecule has 2 fully saturated rings. The van der Waals surface area contributed by atoms with Crippen LogP contribution in [0.1, 0.15) is 16.8 Å². The molecule has 2 aliphatic rings. The van der Waals surface area contributed by atoms with E-state index in [1.807, 2.05) is 0 Å². The molecule has 5 rings (SSSR count). The molecule has 3 N–H and O–H groups in total. The fraction of sp³-hybridized carbons (Fsp3) is 0.273. The quantitative estimate of drug-likeness (QED) is 0.529. The molecule has 0 spiro atoms. The number of alkyl halides is 3. The second-order valence-corrected chi connectivity index (χ2v) is 8.70. The molecule has 33 heavy (non-hydrogen) atoms. The van der Waals surface area contributed by atoms with Crippen LogP contribution in [0.3, 0.4) is 0 Å². The first-order chi connectivity index (χ1) is 15.7. The van der Waals surface area contributed by atoms with Crippen molar-refractivity contribution in [1.82, 2.24) is 15.0 Å². The highest BCUT2D eigenvalue weighted by Gasteiger charge is 2.57. The third-order valence-corrected chi connectivity index (χ3v) is 5.93. The zero-order valence-electron chi connectivity index (χ0n) is 17.2. The number of aromatic nitrogens is 3. The minimum absolute atomic E-state index is 0.133. The number of benzene rings is 1. The van der Waals surface area contributed by atoms with Gasteiger partial charge in [0.15, 0.2) is 0 Å². The number of nitrogens with two attached hydrogens (primary N) is 1. The number of carbonyl (C=O) groups excluding carboxylic acids is 1. The minimum atomic E-state index is -3.81. The summed E-state index contributed by atoms with van der Waals surface area (Å²) in [6.07, 6.45) is 7.27. The normalized spacial score (nSPS) is 21.5. The number of fused-ring (bicyclic) bond motifs is 1. The molecule has 2 atom stereocenters. The molecule has 8 nitrogen and oxygen atoms in total. The topological polar surface area (TPSA) is 106 Å². The van der Waals surface area contributed by atoms with Gasteiger partial charge >= 0.3 is 5.57 Å². The zero-order chi connectivity index (χ0) is 23.2. The molecule has 0 radical (unpaired) electrons. The number of carbonyl (C=O) groups is 1. The van der Waals surface area contributed by atoms with Crippen LogP contribution in [-0.4, -0.2) is 45.1 Å². The lowest BCUT2D eigenvalue weighted by Gasteiger charge is -2.23. The van der Waals surface area contributed by atoms with Crippen LogP contribution in [-0.2, 0) is 0 Å². The van der Waals surface area contributed by atoms with E-state index >= 15 is 0 Å². The van der Waals surface area contributed by atoms with Gasteiger partial charge in [0, 0.05) is 65.6 Å². The van der Waals surface area contributed by atoms with Gasteiger partial charge in [-0.2, -0.15) is 0 Å². The van der Waals surface area contributed by atoms with E-state index in [0.717, 1.165) is 29.9 Å². The van der Waals surface area contributed by atoms with E-state index in [0.29, 0.717) is 23.7 Å². The van der Waals surface area contributed by atoms with Gasteiger partial charge in [-0.15, -0.1) is 8.78 Å². The average Bonchev–Trinajstić information content (AvgIpc) is 3.30. The van der Waals surface area contributed by atoms with Crippen LogP contribution in [0.5, 0.6) is 5.75 Å². The molecule has 0 bridgehead atoms. The summed E-state index contributed by atoms with van der Waals surface area (Å²) in [5.41, 5.74) is 4.55. The first kappa shape index (κ1) is 21.5. The molecule has 1 aliphatic carbocycles. The molecule has 1 aliphatic heterocycles. The van der Waals surface area contributed by atoms with Gasteiger partial charge in [-0.1, -0.05) is 0 Å². The lowest BCUT2D eigenvalue weighted by atomic mass is 10.1. The zero-order valence-corrected chi connectivity index (χ0v) is 18.0. The van der Waals surface area contributed by atoms with Gasteiger partial charge < -0.3 is 20.7 Å². The molecular weight excluding hydrogens is 454 g/mol. The van der Waals surface area contributed by atoms with Crippen molar-refractivity contribution in [2.45, 2.75) is 17.5 Å². The summed E-state index contributed by atoms with van der Waals surface area (Å²) >= 11 is 4.76. The number of pyridine rings is 1. The Labute approximate surface area is 192 Å². The predicted octanol–water partition coefficient (Wildman–Crippen LogP) is 3.50. The highest BCUT2D eigenvalue weighted by molar-refractivity contribution is 6.20. The molecule has 1 aromatic carbocycles. The highest BCUT2D eigenvalue weighted by atomic mass is 35.5. The van der Waals surface area contributed by atoms with Crippen molar-refractivity contribution in [2.24, 2.45) is 11.7 Å². The lowest BCUT2D eigenvalue weighted by molar-refractivity contribution is -0.0964. The maximum atomic E-state index is 12.9. The standard InChI is InChI=1S/C22H19ClF2N6O2/c23-22(24,25)33-17-3-1-16(2-4-17)30-20(32)13-5-18(14-7-27-12-28-8-14)19(29-9-13)31-10-15-6-21(15,26)11-31/h1-5,7-9,12,15H,6,10-11,26H2,(H,30,32). The maximum Gasteiger partial charge on any atom is 0.487 e. The van der Waals surface area contributed by atoms with Crippen molar-refractivity contribution >= 4 is 29.0 Å². The Bertz CT molecular complexity index is 1190. The van der Waals surface area contributed by atoms with E-state index in [1.165, 1.54) is 36.8 Å². The molecule has 1 saturated heterocycles. The fourth-order valence-corrected chi connectivity index (χ4v) is 4.20. The SMILES string of the molecule is NC12CC1CN(c1ncc(C(=O)Nc3ccc(OC(F)(F)Cl)cc3)cc1-c1cncnc1)C2. The Kier molecular flexibility index (Phi) is 5.13. The number of nitrogens with one attached hydrogen (secondary N) is 1. The number of rotatable bonds is 6. The van der Waals surface area contributed by atoms with Crippen LogP contribution in [0.25, 0.3) is 11.1 Å². The number of amides is 1. The molecular formula is C22H19ClF2N6O2. The Hall–Kier alpha value is -3.37. The monoisotopic (exact) mass is 472 g/mol. The second-order valence-electron chi connectivity index (χ2n) is 8.26. The summed E-state index contributed by atoms with van der Waals surface area (Å²) in [6, 6.07) is 7.15. The van der Waals surface area contributed by atoms with E-state index in [-0.39, 0.29) is 11.3 Å².